The summed E-state index contributed by atoms with van der Waals surface area (Å²) >= 11 is 2.92. The first kappa shape index (κ1) is 20.8. The molecule has 1 heterocycles. The molecule has 1 aromatic rings. The summed E-state index contributed by atoms with van der Waals surface area (Å²) in [5.74, 6) is -1.61. The van der Waals surface area contributed by atoms with Crippen LogP contribution in [-0.4, -0.2) is 42.6 Å². The van der Waals surface area contributed by atoms with Crippen molar-refractivity contribution in [1.29, 1.82) is 0 Å². The fourth-order valence-electron chi connectivity index (χ4n) is 2.25. The number of halogens is 6. The number of phenols is 1. The van der Waals surface area contributed by atoms with E-state index in [4.69, 9.17) is 0 Å². The first-order valence-corrected chi connectivity index (χ1v) is 6.71. The number of nitrogens with one attached hydrogen (secondary N) is 1. The molecular weight excluding hydrogens is 396 g/mol. The van der Waals surface area contributed by atoms with Gasteiger partial charge in [-0.2, -0.15) is 0 Å². The number of piperazine rings is 1. The molecule has 0 unspecified atom stereocenters. The van der Waals surface area contributed by atoms with Gasteiger partial charge in [0, 0.05) is 31.7 Å². The molecule has 0 radical (unpaired) electrons. The summed E-state index contributed by atoms with van der Waals surface area (Å²) in [5, 5.41) is 12.8. The van der Waals surface area contributed by atoms with Gasteiger partial charge in [-0.05, 0) is 22.0 Å². The number of aromatic hydroxyl groups is 1. The minimum atomic E-state index is -2.69. The summed E-state index contributed by atoms with van der Waals surface area (Å²) < 4.78 is 40.2. The molecule has 0 spiro atoms. The molecule has 1 saturated heterocycles. The predicted octanol–water partition coefficient (Wildman–Crippen LogP) is 3.35. The normalized spacial score (nSPS) is 17.0. The minimum absolute atomic E-state index is 0. The van der Waals surface area contributed by atoms with Crippen LogP contribution in [0.25, 0.3) is 0 Å². The van der Waals surface area contributed by atoms with E-state index in [1.54, 1.807) is 4.90 Å². The maximum Gasteiger partial charge on any atom is 0.258 e. The second-order valence-corrected chi connectivity index (χ2v) is 5.22. The Hall–Kier alpha value is -0.210. The zero-order valence-electron chi connectivity index (χ0n) is 10.9. The maximum absolute atomic E-state index is 13.6. The van der Waals surface area contributed by atoms with Gasteiger partial charge in [-0.15, -0.1) is 24.8 Å². The van der Waals surface area contributed by atoms with Crippen molar-refractivity contribution in [3.05, 3.63) is 28.0 Å². The molecule has 9 heteroatoms. The van der Waals surface area contributed by atoms with Crippen LogP contribution in [0.1, 0.15) is 11.6 Å². The topological polar surface area (TPSA) is 35.5 Å². The summed E-state index contributed by atoms with van der Waals surface area (Å²) in [4.78, 5) is 1.56. The van der Waals surface area contributed by atoms with Gasteiger partial charge < -0.3 is 10.4 Å². The third-order valence-electron chi connectivity index (χ3n) is 3.20. The lowest BCUT2D eigenvalue weighted by molar-refractivity contribution is 0.0168. The van der Waals surface area contributed by atoms with Crippen LogP contribution in [0.2, 0.25) is 0 Å². The third-order valence-corrected chi connectivity index (χ3v) is 3.81. The second kappa shape index (κ2) is 9.05. The highest BCUT2D eigenvalue weighted by molar-refractivity contribution is 9.10. The molecule has 1 aliphatic rings. The molecule has 122 valence electrons. The quantitative estimate of drug-likeness (QED) is 0.800. The van der Waals surface area contributed by atoms with E-state index < -0.39 is 24.0 Å². The van der Waals surface area contributed by atoms with Gasteiger partial charge >= 0.3 is 0 Å². The molecule has 0 aliphatic carbocycles. The van der Waals surface area contributed by atoms with Gasteiger partial charge in [-0.1, -0.05) is 6.07 Å². The summed E-state index contributed by atoms with van der Waals surface area (Å²) in [6.45, 7) is 2.07. The number of benzene rings is 1. The van der Waals surface area contributed by atoms with Crippen LogP contribution in [0.4, 0.5) is 13.2 Å². The molecule has 21 heavy (non-hydrogen) atoms. The second-order valence-electron chi connectivity index (χ2n) is 4.36. The molecule has 1 aliphatic heterocycles. The maximum atomic E-state index is 13.6. The van der Waals surface area contributed by atoms with Crippen molar-refractivity contribution in [1.82, 2.24) is 10.2 Å². The van der Waals surface area contributed by atoms with Crippen molar-refractivity contribution in [2.45, 2.75) is 12.5 Å². The first-order valence-electron chi connectivity index (χ1n) is 5.92. The number of alkyl halides is 2. The van der Waals surface area contributed by atoms with Gasteiger partial charge in [0.1, 0.15) is 6.04 Å². The van der Waals surface area contributed by atoms with Crippen molar-refractivity contribution in [2.24, 2.45) is 0 Å². The van der Waals surface area contributed by atoms with E-state index in [0.717, 1.165) is 0 Å². The molecule has 2 rings (SSSR count). The highest BCUT2D eigenvalue weighted by Crippen LogP contribution is 2.37. The smallest absolute Gasteiger partial charge is 0.258 e. The molecule has 0 saturated carbocycles. The van der Waals surface area contributed by atoms with E-state index >= 15 is 0 Å². The molecule has 1 atom stereocenters. The monoisotopic (exact) mass is 410 g/mol. The Morgan fingerprint density at radius 3 is 2.29 bits per heavy atom. The lowest BCUT2D eigenvalue weighted by Crippen LogP contribution is -2.46. The highest BCUT2D eigenvalue weighted by atomic mass is 79.9. The van der Waals surface area contributed by atoms with Crippen LogP contribution in [0.15, 0.2) is 16.6 Å². The molecule has 0 bridgehead atoms. The SMILES string of the molecule is Cl.Cl.Oc1c([C@H](C(F)F)N2CCNCC2)ccc(Br)c1F. The van der Waals surface area contributed by atoms with Crippen molar-refractivity contribution in [3.63, 3.8) is 0 Å². The molecule has 0 amide bonds. The van der Waals surface area contributed by atoms with E-state index in [2.05, 4.69) is 21.2 Å². The summed E-state index contributed by atoms with van der Waals surface area (Å²) in [5.41, 5.74) is -0.0717. The van der Waals surface area contributed by atoms with Crippen molar-refractivity contribution >= 4 is 40.7 Å². The lowest BCUT2D eigenvalue weighted by Gasteiger charge is -2.34. The average Bonchev–Trinajstić information content (AvgIpc) is 2.40. The molecule has 1 aromatic carbocycles. The van der Waals surface area contributed by atoms with E-state index in [0.29, 0.717) is 26.2 Å². The van der Waals surface area contributed by atoms with Crippen LogP contribution in [-0.2, 0) is 0 Å². The van der Waals surface area contributed by atoms with Gasteiger partial charge in [0.05, 0.1) is 4.47 Å². The summed E-state index contributed by atoms with van der Waals surface area (Å²) in [6.07, 6.45) is -2.69. The van der Waals surface area contributed by atoms with E-state index in [1.165, 1.54) is 12.1 Å². The molecule has 2 N–H and O–H groups in total. The zero-order valence-corrected chi connectivity index (χ0v) is 14.1. The van der Waals surface area contributed by atoms with Crippen molar-refractivity contribution < 1.29 is 18.3 Å². The number of phenolic OH excluding ortho intramolecular Hbond substituents is 1. The lowest BCUT2D eigenvalue weighted by atomic mass is 10.0. The molecule has 1 fully saturated rings. The third kappa shape index (κ3) is 4.63. The Labute approximate surface area is 141 Å². The van der Waals surface area contributed by atoms with Crippen LogP contribution in [0, 0.1) is 5.82 Å². The number of rotatable bonds is 3. The zero-order chi connectivity index (χ0) is 14.0. The van der Waals surface area contributed by atoms with Crippen LogP contribution >= 0.6 is 40.7 Å². The Bertz CT molecular complexity index is 462. The molecular formula is C12H16BrCl2F3N2O. The molecule has 0 aromatic heterocycles. The van der Waals surface area contributed by atoms with Gasteiger partial charge in [-0.3, -0.25) is 4.90 Å². The van der Waals surface area contributed by atoms with Gasteiger partial charge in [0.15, 0.2) is 11.6 Å². The van der Waals surface area contributed by atoms with Crippen molar-refractivity contribution in [2.75, 3.05) is 26.2 Å². The number of hydrogen-bond acceptors (Lipinski definition) is 3. The van der Waals surface area contributed by atoms with Gasteiger partial charge in [0.2, 0.25) is 0 Å². The van der Waals surface area contributed by atoms with Gasteiger partial charge in [0.25, 0.3) is 6.43 Å². The van der Waals surface area contributed by atoms with E-state index in [1.807, 2.05) is 0 Å². The minimum Gasteiger partial charge on any atom is -0.505 e. The van der Waals surface area contributed by atoms with E-state index in [-0.39, 0.29) is 34.9 Å². The standard InChI is InChI=1S/C12H14BrF3N2O.2ClH/c13-8-2-1-7(11(19)9(8)14)10(12(15)16)18-5-3-17-4-6-18;;/h1-2,10,12,17,19H,3-6H2;2*1H/t10-;;/m1../s1. The fraction of sp³-hybridized carbons (Fsp3) is 0.500. The Kier molecular flexibility index (Phi) is 8.96. The summed E-state index contributed by atoms with van der Waals surface area (Å²) in [6, 6.07) is 1.38. The van der Waals surface area contributed by atoms with E-state index in [9.17, 15) is 18.3 Å². The fourth-order valence-corrected chi connectivity index (χ4v) is 2.57. The molecule has 3 nitrogen and oxygen atoms in total. The van der Waals surface area contributed by atoms with Crippen LogP contribution < -0.4 is 5.32 Å². The van der Waals surface area contributed by atoms with Crippen LogP contribution in [0.3, 0.4) is 0 Å². The Balaban J connectivity index is 0.00000200. The highest BCUT2D eigenvalue weighted by Gasteiger charge is 2.33. The first-order chi connectivity index (χ1) is 9.02. The average molecular weight is 412 g/mol. The Morgan fingerprint density at radius 2 is 1.76 bits per heavy atom. The van der Waals surface area contributed by atoms with Crippen molar-refractivity contribution in [3.8, 4) is 5.75 Å². The predicted molar refractivity (Wildman–Crippen MR) is 83.4 cm³/mol. The largest absolute Gasteiger partial charge is 0.505 e. The van der Waals surface area contributed by atoms with Gasteiger partial charge in [-0.25, -0.2) is 13.2 Å². The summed E-state index contributed by atoms with van der Waals surface area (Å²) in [7, 11) is 0. The number of nitrogens with zero attached hydrogens (tertiary/aromatic N) is 1. The Morgan fingerprint density at radius 1 is 1.19 bits per heavy atom. The number of hydrogen-bond donors (Lipinski definition) is 2. The van der Waals surface area contributed by atoms with Crippen LogP contribution in [0.5, 0.6) is 5.75 Å².